The molecule has 0 aliphatic heterocycles. The minimum absolute atomic E-state index is 0.0709. The Balaban J connectivity index is 1.32. The fourth-order valence-corrected chi connectivity index (χ4v) is 5.08. The van der Waals surface area contributed by atoms with Crippen LogP contribution in [-0.2, 0) is 31.7 Å². The number of amides is 3. The molecule has 3 aromatic carbocycles. The van der Waals surface area contributed by atoms with Crippen molar-refractivity contribution in [2.75, 3.05) is 58.6 Å². The highest BCUT2D eigenvalue weighted by molar-refractivity contribution is 6.31. The second-order valence-electron chi connectivity index (χ2n) is 11.7. The number of alkyl halides is 3. The molecule has 12 nitrogen and oxygen atoms in total. The summed E-state index contributed by atoms with van der Waals surface area (Å²) in [6.45, 7) is 1.65. The number of hydrogen-bond donors (Lipinski definition) is 3. The number of anilines is 1. The van der Waals surface area contributed by atoms with Crippen LogP contribution in [0, 0.1) is 0 Å². The summed E-state index contributed by atoms with van der Waals surface area (Å²) in [5.74, 6) is -2.34. The minimum Gasteiger partial charge on any atom is -0.481 e. The minimum atomic E-state index is -4.51. The van der Waals surface area contributed by atoms with Gasteiger partial charge < -0.3 is 34.9 Å². The summed E-state index contributed by atoms with van der Waals surface area (Å²) in [7, 11) is 1.61. The van der Waals surface area contributed by atoms with Crippen LogP contribution in [0.3, 0.4) is 0 Å². The molecule has 0 radical (unpaired) electrons. The summed E-state index contributed by atoms with van der Waals surface area (Å²) in [6.07, 6.45) is -3.20. The fraction of sp³-hybridized carbons (Fsp3) is 0.289. The van der Waals surface area contributed by atoms with E-state index in [0.29, 0.717) is 35.2 Å². The van der Waals surface area contributed by atoms with Crippen molar-refractivity contribution >= 4 is 41.0 Å². The third-order valence-corrected chi connectivity index (χ3v) is 7.96. The van der Waals surface area contributed by atoms with E-state index in [1.165, 1.54) is 41.4 Å². The zero-order valence-electron chi connectivity index (χ0n) is 29.2. The first-order valence-corrected chi connectivity index (χ1v) is 17.0. The van der Waals surface area contributed by atoms with E-state index in [2.05, 4.69) is 15.6 Å². The second kappa shape index (κ2) is 20.2. The van der Waals surface area contributed by atoms with E-state index >= 15 is 0 Å². The van der Waals surface area contributed by atoms with E-state index in [4.69, 9.17) is 30.9 Å². The molecule has 0 aliphatic carbocycles. The van der Waals surface area contributed by atoms with E-state index in [1.54, 1.807) is 43.4 Å². The van der Waals surface area contributed by atoms with Crippen molar-refractivity contribution in [2.24, 2.45) is 0 Å². The molecule has 0 saturated heterocycles. The standard InChI is InChI=1S/C38H38ClF3N4O8/c1-46(13-15-53-17-19-54-18-16-52-14-11-34(47)48)37(51)28-6-3-5-26(21-28)36(50)45-32-9-8-30(39)23-31(32)33-22-27(10-12-43-33)35(49)44-24-25-4-2-7-29(20-25)38(40,41)42/h2-10,12,20-23H,11,13-19,24H2,1H3,(H,44,49)(H,45,50)(H,47,48). The van der Waals surface area contributed by atoms with E-state index in [-0.39, 0.29) is 74.1 Å². The van der Waals surface area contributed by atoms with Crippen LogP contribution in [0.4, 0.5) is 18.9 Å². The van der Waals surface area contributed by atoms with Gasteiger partial charge in [0.1, 0.15) is 0 Å². The van der Waals surface area contributed by atoms with Gasteiger partial charge in [-0.3, -0.25) is 24.2 Å². The summed E-state index contributed by atoms with van der Waals surface area (Å²) < 4.78 is 55.3. The number of halogens is 4. The summed E-state index contributed by atoms with van der Waals surface area (Å²) in [5, 5.41) is 14.3. The molecule has 1 heterocycles. The van der Waals surface area contributed by atoms with Crippen molar-refractivity contribution in [2.45, 2.75) is 19.1 Å². The molecule has 0 aliphatic rings. The number of pyridine rings is 1. The van der Waals surface area contributed by atoms with Crippen LogP contribution in [0.25, 0.3) is 11.3 Å². The lowest BCUT2D eigenvalue weighted by Gasteiger charge is -2.18. The summed E-state index contributed by atoms with van der Waals surface area (Å²) in [4.78, 5) is 55.8. The van der Waals surface area contributed by atoms with Crippen molar-refractivity contribution in [1.29, 1.82) is 0 Å². The Hall–Kier alpha value is -5.35. The van der Waals surface area contributed by atoms with Gasteiger partial charge in [0, 0.05) is 53.6 Å². The van der Waals surface area contributed by atoms with Gasteiger partial charge >= 0.3 is 12.1 Å². The Kier molecular flexibility index (Phi) is 15.5. The maximum absolute atomic E-state index is 13.4. The Labute approximate surface area is 314 Å². The molecular formula is C38H38ClF3N4O8. The zero-order valence-corrected chi connectivity index (χ0v) is 29.9. The maximum atomic E-state index is 13.4. The molecule has 0 spiro atoms. The van der Waals surface area contributed by atoms with Gasteiger partial charge in [-0.15, -0.1) is 0 Å². The van der Waals surface area contributed by atoms with Crippen molar-refractivity contribution in [3.8, 4) is 11.3 Å². The van der Waals surface area contributed by atoms with Crippen LogP contribution in [0.1, 0.15) is 48.6 Å². The number of ether oxygens (including phenoxy) is 3. The molecule has 1 aromatic heterocycles. The molecule has 4 rings (SSSR count). The monoisotopic (exact) mass is 770 g/mol. The van der Waals surface area contributed by atoms with E-state index in [9.17, 15) is 32.3 Å². The van der Waals surface area contributed by atoms with E-state index in [0.717, 1.165) is 12.1 Å². The number of nitrogens with one attached hydrogen (secondary N) is 2. The molecule has 286 valence electrons. The summed E-state index contributed by atoms with van der Waals surface area (Å²) >= 11 is 6.29. The first-order chi connectivity index (χ1) is 25.8. The number of carboxylic acids is 1. The molecule has 16 heteroatoms. The Morgan fingerprint density at radius 2 is 1.46 bits per heavy atom. The quantitative estimate of drug-likeness (QED) is 0.0946. The average molecular weight is 771 g/mol. The lowest BCUT2D eigenvalue weighted by molar-refractivity contribution is -0.139. The summed E-state index contributed by atoms with van der Waals surface area (Å²) in [6, 6.07) is 18.5. The van der Waals surface area contributed by atoms with Gasteiger partial charge in [0.25, 0.3) is 17.7 Å². The summed E-state index contributed by atoms with van der Waals surface area (Å²) in [5.41, 5.74) is 1.11. The Morgan fingerprint density at radius 1 is 0.796 bits per heavy atom. The molecule has 54 heavy (non-hydrogen) atoms. The number of rotatable bonds is 19. The number of nitrogens with zero attached hydrogens (tertiary/aromatic N) is 2. The van der Waals surface area contributed by atoms with Crippen LogP contribution in [-0.4, -0.2) is 91.9 Å². The van der Waals surface area contributed by atoms with Crippen molar-refractivity contribution in [3.05, 3.63) is 118 Å². The Morgan fingerprint density at radius 3 is 2.19 bits per heavy atom. The SMILES string of the molecule is CN(CCOCCOCCOCCC(=O)O)C(=O)c1cccc(C(=O)Nc2ccc(Cl)cc2-c2cc(C(=O)NCc3cccc(C(F)(F)F)c3)ccn2)c1. The average Bonchev–Trinajstić information content (AvgIpc) is 3.16. The van der Waals surface area contributed by atoms with Gasteiger partial charge in [-0.25, -0.2) is 0 Å². The van der Waals surface area contributed by atoms with Crippen LogP contribution in [0.5, 0.6) is 0 Å². The number of hydrogen-bond acceptors (Lipinski definition) is 8. The predicted octanol–water partition coefficient (Wildman–Crippen LogP) is 6.20. The number of likely N-dealkylation sites (N-methyl/N-ethyl adjacent to an activating group) is 1. The van der Waals surface area contributed by atoms with Crippen LogP contribution in [0.2, 0.25) is 5.02 Å². The first kappa shape index (κ1) is 41.4. The van der Waals surface area contributed by atoms with Gasteiger partial charge in [-0.1, -0.05) is 29.8 Å². The van der Waals surface area contributed by atoms with E-state index < -0.39 is 29.5 Å². The molecular weight excluding hydrogens is 733 g/mol. The largest absolute Gasteiger partial charge is 0.481 e. The number of benzene rings is 3. The predicted molar refractivity (Wildman–Crippen MR) is 193 cm³/mol. The number of carboxylic acid groups (broad SMARTS) is 1. The lowest BCUT2D eigenvalue weighted by atomic mass is 10.1. The highest BCUT2D eigenvalue weighted by Crippen LogP contribution is 2.31. The van der Waals surface area contributed by atoms with Crippen LogP contribution in [0.15, 0.2) is 85.1 Å². The maximum Gasteiger partial charge on any atom is 0.416 e. The molecule has 0 fully saturated rings. The van der Waals surface area contributed by atoms with Crippen molar-refractivity contribution in [3.63, 3.8) is 0 Å². The number of carbonyl (C=O) groups excluding carboxylic acids is 3. The van der Waals surface area contributed by atoms with Gasteiger partial charge in [-0.05, 0) is 66.2 Å². The van der Waals surface area contributed by atoms with Crippen LogP contribution >= 0.6 is 11.6 Å². The van der Waals surface area contributed by atoms with Crippen molar-refractivity contribution < 1.29 is 51.7 Å². The highest BCUT2D eigenvalue weighted by Gasteiger charge is 2.30. The topological polar surface area (TPSA) is 156 Å². The third-order valence-electron chi connectivity index (χ3n) is 7.73. The molecule has 3 amide bonds. The number of aromatic nitrogens is 1. The van der Waals surface area contributed by atoms with Gasteiger partial charge in [-0.2, -0.15) is 13.2 Å². The van der Waals surface area contributed by atoms with Gasteiger partial charge in [0.2, 0.25) is 0 Å². The van der Waals surface area contributed by atoms with Crippen molar-refractivity contribution in [1.82, 2.24) is 15.2 Å². The molecule has 0 bridgehead atoms. The smallest absolute Gasteiger partial charge is 0.416 e. The molecule has 0 unspecified atom stereocenters. The van der Waals surface area contributed by atoms with Gasteiger partial charge in [0.05, 0.1) is 63.0 Å². The Bertz CT molecular complexity index is 1930. The first-order valence-electron chi connectivity index (χ1n) is 16.6. The molecule has 4 aromatic rings. The lowest BCUT2D eigenvalue weighted by Crippen LogP contribution is -2.30. The van der Waals surface area contributed by atoms with Crippen LogP contribution < -0.4 is 10.6 Å². The van der Waals surface area contributed by atoms with Gasteiger partial charge in [0.15, 0.2) is 0 Å². The highest BCUT2D eigenvalue weighted by atomic mass is 35.5. The molecule has 3 N–H and O–H groups in total. The third kappa shape index (κ3) is 12.9. The molecule has 0 atom stereocenters. The molecule has 0 saturated carbocycles. The fourth-order valence-electron chi connectivity index (χ4n) is 4.91. The number of aliphatic carboxylic acids is 1. The second-order valence-corrected chi connectivity index (χ2v) is 12.2. The zero-order chi connectivity index (χ0) is 39.1. The normalized spacial score (nSPS) is 11.2. The number of carbonyl (C=O) groups is 4. The van der Waals surface area contributed by atoms with E-state index in [1.807, 2.05) is 0 Å².